The molecule has 2 aromatic rings. The lowest BCUT2D eigenvalue weighted by molar-refractivity contribution is -0.118. The zero-order chi connectivity index (χ0) is 19.5. The minimum absolute atomic E-state index is 0.0616. The van der Waals surface area contributed by atoms with Crippen LogP contribution < -0.4 is 19.7 Å². The van der Waals surface area contributed by atoms with Gasteiger partial charge in [-0.3, -0.25) is 4.79 Å². The molecule has 2 heterocycles. The van der Waals surface area contributed by atoms with E-state index in [1.54, 1.807) is 13.2 Å². The zero-order valence-electron chi connectivity index (χ0n) is 15.8. The number of anilines is 1. The first kappa shape index (κ1) is 18.7. The van der Waals surface area contributed by atoms with Crippen LogP contribution in [0.2, 0.25) is 5.02 Å². The van der Waals surface area contributed by atoms with Gasteiger partial charge in [-0.15, -0.1) is 0 Å². The lowest BCUT2D eigenvalue weighted by Crippen LogP contribution is -2.45. The highest BCUT2D eigenvalue weighted by Crippen LogP contribution is 2.29. The third-order valence-corrected chi connectivity index (χ3v) is 5.48. The number of fused-ring (bicyclic) bond motifs is 1. The number of nitrogens with one attached hydrogen (secondary N) is 1. The fourth-order valence-electron chi connectivity index (χ4n) is 3.63. The van der Waals surface area contributed by atoms with Crippen LogP contribution in [-0.2, 0) is 4.79 Å². The second-order valence-electron chi connectivity index (χ2n) is 7.07. The summed E-state index contributed by atoms with van der Waals surface area (Å²) in [6, 6.07) is 13.7. The second kappa shape index (κ2) is 8.15. The Morgan fingerprint density at radius 1 is 1.18 bits per heavy atom. The standard InChI is InChI=1S/C22H23ClN2O3/c1-27-20-5-3-19(4-6-20)25-10-8-18(9-11-25)24-22(26)16-12-15-13-17(23)2-7-21(15)28-14-16/h2-7,12-13,18H,8-11,14H2,1H3,(H,24,26). The Labute approximate surface area is 169 Å². The number of ether oxygens (including phenoxy) is 2. The van der Waals surface area contributed by atoms with Crippen molar-refractivity contribution in [2.45, 2.75) is 18.9 Å². The van der Waals surface area contributed by atoms with Crippen molar-refractivity contribution in [2.24, 2.45) is 0 Å². The number of carbonyl (C=O) groups excluding carboxylic acids is 1. The molecule has 5 nitrogen and oxygen atoms in total. The Hall–Kier alpha value is -2.66. The van der Waals surface area contributed by atoms with E-state index in [0.717, 1.165) is 43.0 Å². The van der Waals surface area contributed by atoms with E-state index in [1.807, 2.05) is 30.3 Å². The largest absolute Gasteiger partial charge is 0.497 e. The molecule has 2 aliphatic rings. The molecule has 0 saturated carbocycles. The van der Waals surface area contributed by atoms with Gasteiger partial charge in [0.1, 0.15) is 18.1 Å². The van der Waals surface area contributed by atoms with Gasteiger partial charge in [-0.25, -0.2) is 0 Å². The first-order chi connectivity index (χ1) is 13.6. The van der Waals surface area contributed by atoms with E-state index in [4.69, 9.17) is 21.1 Å². The SMILES string of the molecule is COc1ccc(N2CCC(NC(=O)C3=Cc4cc(Cl)ccc4OC3)CC2)cc1. The van der Waals surface area contributed by atoms with Crippen LogP contribution in [-0.4, -0.2) is 38.8 Å². The molecular formula is C22H23ClN2O3. The average molecular weight is 399 g/mol. The Kier molecular flexibility index (Phi) is 5.44. The highest BCUT2D eigenvalue weighted by Gasteiger charge is 2.24. The molecule has 4 rings (SSSR count). The van der Waals surface area contributed by atoms with Gasteiger partial charge in [0.2, 0.25) is 0 Å². The van der Waals surface area contributed by atoms with Crippen LogP contribution in [0, 0.1) is 0 Å². The molecular weight excluding hydrogens is 376 g/mol. The molecule has 146 valence electrons. The van der Waals surface area contributed by atoms with Gasteiger partial charge in [0.25, 0.3) is 5.91 Å². The molecule has 0 aliphatic carbocycles. The molecule has 1 N–H and O–H groups in total. The molecule has 0 bridgehead atoms. The van der Waals surface area contributed by atoms with Crippen LogP contribution in [0.1, 0.15) is 18.4 Å². The molecule has 1 saturated heterocycles. The second-order valence-corrected chi connectivity index (χ2v) is 7.51. The molecule has 1 fully saturated rings. The Bertz CT molecular complexity index is 887. The zero-order valence-corrected chi connectivity index (χ0v) is 16.5. The van der Waals surface area contributed by atoms with Gasteiger partial charge in [0.05, 0.1) is 12.7 Å². The monoisotopic (exact) mass is 398 g/mol. The van der Waals surface area contributed by atoms with Crippen molar-refractivity contribution in [1.82, 2.24) is 5.32 Å². The number of carbonyl (C=O) groups is 1. The summed E-state index contributed by atoms with van der Waals surface area (Å²) in [6.45, 7) is 2.10. The molecule has 6 heteroatoms. The number of piperidine rings is 1. The van der Waals surface area contributed by atoms with Crippen molar-refractivity contribution >= 4 is 29.3 Å². The van der Waals surface area contributed by atoms with Crippen molar-refractivity contribution in [2.75, 3.05) is 31.7 Å². The third kappa shape index (κ3) is 4.09. The van der Waals surface area contributed by atoms with Crippen LogP contribution in [0.25, 0.3) is 6.08 Å². The number of hydrogen-bond acceptors (Lipinski definition) is 4. The van der Waals surface area contributed by atoms with E-state index in [1.165, 1.54) is 5.69 Å². The Morgan fingerprint density at radius 3 is 2.64 bits per heavy atom. The van der Waals surface area contributed by atoms with E-state index in [-0.39, 0.29) is 18.6 Å². The lowest BCUT2D eigenvalue weighted by Gasteiger charge is -2.34. The van der Waals surface area contributed by atoms with Crippen molar-refractivity contribution in [1.29, 1.82) is 0 Å². The van der Waals surface area contributed by atoms with Crippen LogP contribution in [0.4, 0.5) is 5.69 Å². The van der Waals surface area contributed by atoms with Gasteiger partial charge in [-0.2, -0.15) is 0 Å². The number of nitrogens with zero attached hydrogens (tertiary/aromatic N) is 1. The van der Waals surface area contributed by atoms with Crippen molar-refractivity contribution in [3.8, 4) is 11.5 Å². The number of amides is 1. The molecule has 0 aromatic heterocycles. The van der Waals surface area contributed by atoms with Crippen LogP contribution in [0.5, 0.6) is 11.5 Å². The van der Waals surface area contributed by atoms with E-state index < -0.39 is 0 Å². The number of rotatable bonds is 4. The maximum Gasteiger partial charge on any atom is 0.250 e. The van der Waals surface area contributed by atoms with E-state index in [9.17, 15) is 4.79 Å². The summed E-state index contributed by atoms with van der Waals surface area (Å²) in [5.41, 5.74) is 2.66. The fourth-order valence-corrected chi connectivity index (χ4v) is 3.81. The number of hydrogen-bond donors (Lipinski definition) is 1. The van der Waals surface area contributed by atoms with Crippen LogP contribution in [0.3, 0.4) is 0 Å². The molecule has 2 aromatic carbocycles. The summed E-state index contributed by atoms with van der Waals surface area (Å²) >= 11 is 6.04. The molecule has 0 spiro atoms. The van der Waals surface area contributed by atoms with Gasteiger partial charge in [0.15, 0.2) is 0 Å². The quantitative estimate of drug-likeness (QED) is 0.848. The van der Waals surface area contributed by atoms with Gasteiger partial charge >= 0.3 is 0 Å². The molecule has 2 aliphatic heterocycles. The van der Waals surface area contributed by atoms with E-state index in [0.29, 0.717) is 10.6 Å². The highest BCUT2D eigenvalue weighted by atomic mass is 35.5. The Morgan fingerprint density at radius 2 is 1.93 bits per heavy atom. The summed E-state index contributed by atoms with van der Waals surface area (Å²) in [7, 11) is 1.67. The number of methoxy groups -OCH3 is 1. The summed E-state index contributed by atoms with van der Waals surface area (Å²) in [4.78, 5) is 15.0. The average Bonchev–Trinajstić information content (AvgIpc) is 2.74. The van der Waals surface area contributed by atoms with E-state index in [2.05, 4.69) is 22.3 Å². The predicted molar refractivity (Wildman–Crippen MR) is 111 cm³/mol. The summed E-state index contributed by atoms with van der Waals surface area (Å²) < 4.78 is 10.9. The van der Waals surface area contributed by atoms with Gasteiger partial charge in [-0.05, 0) is 61.4 Å². The molecule has 0 radical (unpaired) electrons. The summed E-state index contributed by atoms with van der Waals surface area (Å²) in [5, 5.41) is 3.79. The van der Waals surface area contributed by atoms with Crippen molar-refractivity contribution in [3.05, 3.63) is 58.6 Å². The maximum absolute atomic E-state index is 12.7. The molecule has 1 amide bonds. The minimum Gasteiger partial charge on any atom is -0.497 e. The normalized spacial score (nSPS) is 16.6. The van der Waals surface area contributed by atoms with Crippen molar-refractivity contribution < 1.29 is 14.3 Å². The number of halogens is 1. The predicted octanol–water partition coefficient (Wildman–Crippen LogP) is 3.91. The Balaban J connectivity index is 1.34. The fraction of sp³-hybridized carbons (Fsp3) is 0.318. The van der Waals surface area contributed by atoms with Crippen molar-refractivity contribution in [3.63, 3.8) is 0 Å². The first-order valence-electron chi connectivity index (χ1n) is 9.45. The van der Waals surface area contributed by atoms with Crippen LogP contribution >= 0.6 is 11.6 Å². The molecule has 0 unspecified atom stereocenters. The van der Waals surface area contributed by atoms with Crippen LogP contribution in [0.15, 0.2) is 48.0 Å². The van der Waals surface area contributed by atoms with Gasteiger partial charge in [-0.1, -0.05) is 11.6 Å². The summed E-state index contributed by atoms with van der Waals surface area (Å²) in [5.74, 6) is 1.55. The van der Waals surface area contributed by atoms with Gasteiger partial charge in [0, 0.05) is 35.4 Å². The molecule has 0 atom stereocenters. The molecule has 28 heavy (non-hydrogen) atoms. The third-order valence-electron chi connectivity index (χ3n) is 5.24. The minimum atomic E-state index is -0.0616. The smallest absolute Gasteiger partial charge is 0.250 e. The lowest BCUT2D eigenvalue weighted by atomic mass is 10.0. The topological polar surface area (TPSA) is 50.8 Å². The first-order valence-corrected chi connectivity index (χ1v) is 9.83. The number of benzene rings is 2. The van der Waals surface area contributed by atoms with E-state index >= 15 is 0 Å². The van der Waals surface area contributed by atoms with Gasteiger partial charge < -0.3 is 19.7 Å². The summed E-state index contributed by atoms with van der Waals surface area (Å²) in [6.07, 6.45) is 3.69. The maximum atomic E-state index is 12.7. The highest BCUT2D eigenvalue weighted by molar-refractivity contribution is 6.30.